The minimum absolute atomic E-state index is 0.00135. The number of aromatic nitrogens is 1. The highest BCUT2D eigenvalue weighted by atomic mass is 35.5. The number of nitrogens with zero attached hydrogens (tertiary/aromatic N) is 2. The molecule has 2 bridgehead atoms. The van der Waals surface area contributed by atoms with Crippen molar-refractivity contribution in [3.63, 3.8) is 0 Å². The van der Waals surface area contributed by atoms with Crippen LogP contribution in [-0.4, -0.2) is 34.4 Å². The highest BCUT2D eigenvalue weighted by Crippen LogP contribution is 2.58. The van der Waals surface area contributed by atoms with Gasteiger partial charge in [-0.2, -0.15) is 0 Å². The maximum Gasteiger partial charge on any atom is 0.335 e. The van der Waals surface area contributed by atoms with Crippen LogP contribution in [0.15, 0.2) is 40.9 Å². The van der Waals surface area contributed by atoms with E-state index in [1.165, 1.54) is 6.07 Å². The zero-order valence-corrected chi connectivity index (χ0v) is 22.8. The highest BCUT2D eigenvalue weighted by Gasteiger charge is 2.54. The first kappa shape index (κ1) is 25.4. The second-order valence-electron chi connectivity index (χ2n) is 11.8. The summed E-state index contributed by atoms with van der Waals surface area (Å²) in [6.07, 6.45) is 8.43. The fourth-order valence-electron chi connectivity index (χ4n) is 7.32. The summed E-state index contributed by atoms with van der Waals surface area (Å²) in [6.45, 7) is 0.410. The van der Waals surface area contributed by atoms with Crippen LogP contribution in [0.4, 0.5) is 10.1 Å². The van der Waals surface area contributed by atoms with Crippen LogP contribution in [0.3, 0.4) is 0 Å². The number of anilines is 1. The highest BCUT2D eigenvalue weighted by molar-refractivity contribution is 6.39. The summed E-state index contributed by atoms with van der Waals surface area (Å²) >= 11 is 13.0. The molecule has 1 spiro atoms. The van der Waals surface area contributed by atoms with Gasteiger partial charge in [0.25, 0.3) is 0 Å². The van der Waals surface area contributed by atoms with Gasteiger partial charge in [0.05, 0.1) is 28.3 Å². The van der Waals surface area contributed by atoms with Crippen LogP contribution in [0.25, 0.3) is 11.3 Å². The number of piperidine rings is 1. The van der Waals surface area contributed by atoms with E-state index in [2.05, 4.69) is 10.1 Å². The minimum atomic E-state index is -1.10. The quantitative estimate of drug-likeness (QED) is 0.311. The number of rotatable bonds is 7. The Kier molecular flexibility index (Phi) is 6.18. The van der Waals surface area contributed by atoms with Gasteiger partial charge in [-0.05, 0) is 87.1 Å². The zero-order valence-electron chi connectivity index (χ0n) is 21.3. The number of carbonyl (C=O) groups is 1. The molecule has 2 unspecified atom stereocenters. The maximum atomic E-state index is 14.2. The van der Waals surface area contributed by atoms with Gasteiger partial charge in [0.1, 0.15) is 17.3 Å². The summed E-state index contributed by atoms with van der Waals surface area (Å²) in [4.78, 5) is 13.8. The Labute approximate surface area is 236 Å². The third kappa shape index (κ3) is 4.52. The molecule has 0 amide bonds. The molecule has 2 saturated carbocycles. The molecule has 9 heteroatoms. The van der Waals surface area contributed by atoms with Crippen LogP contribution in [-0.2, 0) is 11.3 Å². The van der Waals surface area contributed by atoms with Gasteiger partial charge in [-0.25, -0.2) is 9.18 Å². The molecule has 7 rings (SSSR count). The van der Waals surface area contributed by atoms with Crippen molar-refractivity contribution in [2.24, 2.45) is 5.41 Å². The molecule has 4 fully saturated rings. The van der Waals surface area contributed by atoms with Crippen molar-refractivity contribution in [3.05, 3.63) is 69.1 Å². The van der Waals surface area contributed by atoms with Crippen LogP contribution in [0.1, 0.15) is 79.0 Å². The molecule has 3 aromatic rings. The lowest BCUT2D eigenvalue weighted by atomic mass is 9.59. The third-order valence-corrected chi connectivity index (χ3v) is 9.77. The van der Waals surface area contributed by atoms with Gasteiger partial charge in [-0.1, -0.05) is 34.4 Å². The molecule has 3 heterocycles. The van der Waals surface area contributed by atoms with E-state index in [1.807, 2.05) is 18.2 Å². The molecular weight excluding hydrogens is 542 g/mol. The lowest BCUT2D eigenvalue weighted by molar-refractivity contribution is -0.103. The van der Waals surface area contributed by atoms with E-state index in [1.54, 1.807) is 6.07 Å². The van der Waals surface area contributed by atoms with Crippen molar-refractivity contribution < 1.29 is 23.6 Å². The lowest BCUT2D eigenvalue weighted by Gasteiger charge is -2.55. The van der Waals surface area contributed by atoms with E-state index < -0.39 is 11.8 Å². The fraction of sp³-hybridized carbons (Fsp3) is 0.467. The third-order valence-electron chi connectivity index (χ3n) is 9.14. The Balaban J connectivity index is 1.04. The van der Waals surface area contributed by atoms with Crippen molar-refractivity contribution >= 4 is 34.9 Å². The van der Waals surface area contributed by atoms with Crippen LogP contribution in [0.2, 0.25) is 10.0 Å². The van der Waals surface area contributed by atoms with Gasteiger partial charge in [0.15, 0.2) is 0 Å². The number of halogens is 3. The van der Waals surface area contributed by atoms with Crippen LogP contribution in [0, 0.1) is 11.2 Å². The SMILES string of the molecule is O=C(O)c1cc(F)cc(N2C3CCC2CC2(CC(OCc4c(-c5c(Cl)cccc5Cl)noc4C4CC4)C2)C3)c1. The molecule has 2 atom stereocenters. The number of ether oxygens (including phenoxy) is 1. The van der Waals surface area contributed by atoms with Gasteiger partial charge < -0.3 is 19.3 Å². The number of hydrogen-bond acceptors (Lipinski definition) is 5. The van der Waals surface area contributed by atoms with E-state index in [0.717, 1.165) is 68.8 Å². The summed E-state index contributed by atoms with van der Waals surface area (Å²) in [6, 6.07) is 10.2. The van der Waals surface area contributed by atoms with E-state index >= 15 is 0 Å². The standard InChI is InChI=1S/C30H29Cl2FN2O4/c31-24-2-1-3-25(32)26(24)27-23(28(39-34-27)16-4-5-16)15-38-22-13-30(14-22)11-19-6-7-20(12-30)35(19)21-9-17(29(36)37)8-18(33)10-21/h1-3,8-10,16,19-20,22H,4-7,11-15H2,(H,36,37). The number of hydrogen-bond donors (Lipinski definition) is 1. The zero-order chi connectivity index (χ0) is 26.9. The number of aromatic carboxylic acids is 1. The van der Waals surface area contributed by atoms with Gasteiger partial charge in [-0.3, -0.25) is 0 Å². The Hall–Kier alpha value is -2.61. The average Bonchev–Trinajstić information content (AvgIpc) is 3.58. The Morgan fingerprint density at radius 3 is 2.41 bits per heavy atom. The summed E-state index contributed by atoms with van der Waals surface area (Å²) in [5, 5.41) is 14.8. The summed E-state index contributed by atoms with van der Waals surface area (Å²) < 4.78 is 26.5. The first-order chi connectivity index (χ1) is 18.8. The first-order valence-corrected chi connectivity index (χ1v) is 14.4. The molecular formula is C30H29Cl2FN2O4. The van der Waals surface area contributed by atoms with Gasteiger partial charge >= 0.3 is 5.97 Å². The summed E-state index contributed by atoms with van der Waals surface area (Å²) in [5.74, 6) is -0.341. The fourth-order valence-corrected chi connectivity index (χ4v) is 7.90. The molecule has 1 N–H and O–H groups in total. The Bertz CT molecular complexity index is 1410. The van der Waals surface area contributed by atoms with Crippen molar-refractivity contribution in [3.8, 4) is 11.3 Å². The van der Waals surface area contributed by atoms with E-state index in [9.17, 15) is 14.3 Å². The number of carboxylic acid groups (broad SMARTS) is 1. The molecule has 39 heavy (non-hydrogen) atoms. The topological polar surface area (TPSA) is 75.8 Å². The molecule has 0 radical (unpaired) electrons. The molecule has 2 aliphatic carbocycles. The molecule has 2 aliphatic heterocycles. The second kappa shape index (κ2) is 9.50. The first-order valence-electron chi connectivity index (χ1n) is 13.7. The second-order valence-corrected chi connectivity index (χ2v) is 12.6. The molecule has 2 saturated heterocycles. The Morgan fingerprint density at radius 2 is 1.77 bits per heavy atom. The Morgan fingerprint density at radius 1 is 1.08 bits per heavy atom. The molecule has 4 aliphatic rings. The normalized spacial score (nSPS) is 27.7. The van der Waals surface area contributed by atoms with Crippen LogP contribution in [0.5, 0.6) is 0 Å². The lowest BCUT2D eigenvalue weighted by Crippen LogP contribution is -2.54. The van der Waals surface area contributed by atoms with Crippen molar-refractivity contribution in [1.82, 2.24) is 5.16 Å². The predicted molar refractivity (Wildman–Crippen MR) is 146 cm³/mol. The molecule has 204 valence electrons. The molecule has 1 aromatic heterocycles. The van der Waals surface area contributed by atoms with Crippen molar-refractivity contribution in [2.45, 2.75) is 82.1 Å². The predicted octanol–water partition coefficient (Wildman–Crippen LogP) is 7.86. The minimum Gasteiger partial charge on any atom is -0.478 e. The molecule has 6 nitrogen and oxygen atoms in total. The van der Waals surface area contributed by atoms with Crippen LogP contribution >= 0.6 is 23.2 Å². The maximum absolute atomic E-state index is 14.2. The van der Waals surface area contributed by atoms with Crippen molar-refractivity contribution in [2.75, 3.05) is 4.90 Å². The smallest absolute Gasteiger partial charge is 0.335 e. The average molecular weight is 571 g/mol. The van der Waals surface area contributed by atoms with Crippen molar-refractivity contribution in [1.29, 1.82) is 0 Å². The van der Waals surface area contributed by atoms with E-state index in [-0.39, 0.29) is 17.1 Å². The van der Waals surface area contributed by atoms with Gasteiger partial charge in [0, 0.05) is 34.8 Å². The number of benzene rings is 2. The summed E-state index contributed by atoms with van der Waals surface area (Å²) in [7, 11) is 0. The van der Waals surface area contributed by atoms with E-state index in [0.29, 0.717) is 51.6 Å². The van der Waals surface area contributed by atoms with Gasteiger partial charge in [-0.15, -0.1) is 0 Å². The molecule has 2 aromatic carbocycles. The number of carboxylic acids is 1. The monoisotopic (exact) mass is 570 g/mol. The largest absolute Gasteiger partial charge is 0.478 e. The number of fused-ring (bicyclic) bond motifs is 2. The summed E-state index contributed by atoms with van der Waals surface area (Å²) in [5.41, 5.74) is 3.21. The van der Waals surface area contributed by atoms with Crippen LogP contribution < -0.4 is 4.90 Å². The van der Waals surface area contributed by atoms with Gasteiger partial charge in [0.2, 0.25) is 0 Å². The van der Waals surface area contributed by atoms with E-state index in [4.69, 9.17) is 32.5 Å².